The lowest BCUT2D eigenvalue weighted by Crippen LogP contribution is -2.31. The van der Waals surface area contributed by atoms with Gasteiger partial charge in [-0.25, -0.2) is 9.97 Å². The van der Waals surface area contributed by atoms with Crippen molar-refractivity contribution in [3.8, 4) is 11.4 Å². The highest BCUT2D eigenvalue weighted by Gasteiger charge is 2.28. The van der Waals surface area contributed by atoms with Gasteiger partial charge in [-0.3, -0.25) is 9.88 Å². The normalized spacial score (nSPS) is 15.4. The maximum Gasteiger partial charge on any atom is 0.140 e. The van der Waals surface area contributed by atoms with Crippen molar-refractivity contribution < 1.29 is 0 Å². The molecule has 0 amide bonds. The molecule has 1 atom stereocenters. The summed E-state index contributed by atoms with van der Waals surface area (Å²) < 4.78 is 2.18. The highest BCUT2D eigenvalue weighted by Crippen LogP contribution is 2.35. The zero-order valence-corrected chi connectivity index (χ0v) is 21.5. The third kappa shape index (κ3) is 4.17. The second-order valence-electron chi connectivity index (χ2n) is 10.2. The number of hydrogen-bond acceptors (Lipinski definition) is 4. The van der Waals surface area contributed by atoms with Gasteiger partial charge in [0.25, 0.3) is 0 Å². The van der Waals surface area contributed by atoms with E-state index < -0.39 is 0 Å². The van der Waals surface area contributed by atoms with Crippen LogP contribution < -0.4 is 0 Å². The summed E-state index contributed by atoms with van der Waals surface area (Å²) in [5.41, 5.74) is 9.21. The molecule has 7 rings (SSSR count). The number of rotatable bonds is 6. The molecule has 38 heavy (non-hydrogen) atoms. The molecule has 1 unspecified atom stereocenters. The summed E-state index contributed by atoms with van der Waals surface area (Å²) in [6, 6.07) is 29.9. The lowest BCUT2D eigenvalue weighted by atomic mass is 9.90. The number of nitrogens with zero attached hydrogens (tertiary/aromatic N) is 5. The Labute approximate surface area is 222 Å². The maximum absolute atomic E-state index is 4.94. The first kappa shape index (κ1) is 22.9. The Bertz CT molecular complexity index is 1710. The second-order valence-corrected chi connectivity index (χ2v) is 10.2. The van der Waals surface area contributed by atoms with Crippen LogP contribution in [0.25, 0.3) is 33.5 Å². The van der Waals surface area contributed by atoms with Gasteiger partial charge < -0.3 is 9.55 Å². The first-order valence-corrected chi connectivity index (χ1v) is 13.4. The zero-order valence-electron chi connectivity index (χ0n) is 21.5. The van der Waals surface area contributed by atoms with Crippen LogP contribution in [0.2, 0.25) is 0 Å². The van der Waals surface area contributed by atoms with Gasteiger partial charge in [0.05, 0.1) is 40.3 Å². The van der Waals surface area contributed by atoms with Gasteiger partial charge in [0.1, 0.15) is 11.6 Å². The van der Waals surface area contributed by atoms with Crippen LogP contribution in [0, 0.1) is 0 Å². The van der Waals surface area contributed by atoms with Crippen LogP contribution in [0.5, 0.6) is 0 Å². The monoisotopic (exact) mass is 498 g/mol. The van der Waals surface area contributed by atoms with E-state index in [2.05, 4.69) is 94.3 Å². The van der Waals surface area contributed by atoms with Gasteiger partial charge in [0.2, 0.25) is 0 Å². The van der Waals surface area contributed by atoms with Gasteiger partial charge in [-0.1, -0.05) is 48.5 Å². The molecule has 6 nitrogen and oxygen atoms in total. The fourth-order valence-electron chi connectivity index (χ4n) is 5.94. The molecule has 0 saturated carbocycles. The van der Waals surface area contributed by atoms with Crippen LogP contribution in [0.3, 0.4) is 0 Å². The highest BCUT2D eigenvalue weighted by atomic mass is 15.2. The third-order valence-corrected chi connectivity index (χ3v) is 7.76. The van der Waals surface area contributed by atoms with Crippen molar-refractivity contribution in [1.82, 2.24) is 29.4 Å². The maximum atomic E-state index is 4.94. The highest BCUT2D eigenvalue weighted by molar-refractivity contribution is 5.80. The van der Waals surface area contributed by atoms with Crippen molar-refractivity contribution >= 4 is 22.1 Å². The van der Waals surface area contributed by atoms with Crippen molar-refractivity contribution in [3.63, 3.8) is 0 Å². The van der Waals surface area contributed by atoms with E-state index in [0.29, 0.717) is 0 Å². The molecular weight excluding hydrogens is 468 g/mol. The fraction of sp³-hybridized carbons (Fsp3) is 0.219. The summed E-state index contributed by atoms with van der Waals surface area (Å²) in [4.78, 5) is 20.8. The molecule has 0 bridgehead atoms. The quantitative estimate of drug-likeness (QED) is 0.281. The number of H-pyrrole nitrogens is 1. The molecule has 1 aliphatic rings. The van der Waals surface area contributed by atoms with E-state index in [-0.39, 0.29) is 6.04 Å². The molecule has 3 aromatic carbocycles. The molecule has 0 spiro atoms. The Morgan fingerprint density at radius 1 is 0.895 bits per heavy atom. The molecule has 1 aliphatic carbocycles. The number of aromatic nitrogens is 5. The molecule has 188 valence electrons. The van der Waals surface area contributed by atoms with Crippen LogP contribution in [-0.2, 0) is 26.6 Å². The Hall–Kier alpha value is -4.29. The van der Waals surface area contributed by atoms with E-state index in [9.17, 15) is 0 Å². The Morgan fingerprint density at radius 3 is 2.66 bits per heavy atom. The lowest BCUT2D eigenvalue weighted by Gasteiger charge is -2.34. The molecule has 6 aromatic rings. The van der Waals surface area contributed by atoms with Gasteiger partial charge >= 0.3 is 0 Å². The number of imidazole rings is 2. The predicted octanol–water partition coefficient (Wildman–Crippen LogP) is 6.59. The molecule has 3 aromatic heterocycles. The summed E-state index contributed by atoms with van der Waals surface area (Å²) in [5.74, 6) is 1.97. The van der Waals surface area contributed by atoms with Crippen molar-refractivity contribution in [1.29, 1.82) is 0 Å². The topological polar surface area (TPSA) is 62.6 Å². The van der Waals surface area contributed by atoms with Crippen molar-refractivity contribution in [2.45, 2.75) is 38.4 Å². The van der Waals surface area contributed by atoms with Gasteiger partial charge in [-0.15, -0.1) is 0 Å². The largest absolute Gasteiger partial charge is 0.341 e. The minimum absolute atomic E-state index is 0.243. The second kappa shape index (κ2) is 9.54. The molecular formula is C32H30N6. The molecule has 0 aliphatic heterocycles. The van der Waals surface area contributed by atoms with Crippen LogP contribution in [0.15, 0.2) is 91.1 Å². The first-order valence-electron chi connectivity index (χ1n) is 13.4. The minimum Gasteiger partial charge on any atom is -0.341 e. The number of benzene rings is 3. The number of hydrogen-bond donors (Lipinski definition) is 1. The third-order valence-electron chi connectivity index (χ3n) is 7.76. The molecule has 3 heterocycles. The summed E-state index contributed by atoms with van der Waals surface area (Å²) in [5, 5.41) is 0. The summed E-state index contributed by atoms with van der Waals surface area (Å²) in [6.07, 6.45) is 5.29. The van der Waals surface area contributed by atoms with Gasteiger partial charge in [-0.2, -0.15) is 0 Å². The van der Waals surface area contributed by atoms with Crippen molar-refractivity contribution in [3.05, 3.63) is 114 Å². The van der Waals surface area contributed by atoms with Gasteiger partial charge in [0.15, 0.2) is 0 Å². The van der Waals surface area contributed by atoms with Crippen molar-refractivity contribution in [2.75, 3.05) is 0 Å². The van der Waals surface area contributed by atoms with Crippen LogP contribution in [0.4, 0.5) is 0 Å². The van der Waals surface area contributed by atoms with Crippen LogP contribution in [0.1, 0.15) is 41.5 Å². The zero-order chi connectivity index (χ0) is 25.5. The average Bonchev–Trinajstić information content (AvgIpc) is 3.53. The average molecular weight is 499 g/mol. The molecule has 0 fully saturated rings. The van der Waals surface area contributed by atoms with Crippen LogP contribution >= 0.6 is 0 Å². The van der Waals surface area contributed by atoms with E-state index in [1.165, 1.54) is 23.2 Å². The Morgan fingerprint density at radius 2 is 1.76 bits per heavy atom. The first-order chi connectivity index (χ1) is 18.7. The van der Waals surface area contributed by atoms with E-state index >= 15 is 0 Å². The summed E-state index contributed by atoms with van der Waals surface area (Å²) in [6.45, 7) is 1.53. The minimum atomic E-state index is 0.243. The number of aromatic amines is 1. The number of aryl methyl sites for hydroxylation is 2. The lowest BCUT2D eigenvalue weighted by molar-refractivity contribution is 0.153. The summed E-state index contributed by atoms with van der Waals surface area (Å²) >= 11 is 0. The summed E-state index contributed by atoms with van der Waals surface area (Å²) in [7, 11) is 2.09. The Balaban J connectivity index is 1.25. The predicted molar refractivity (Wildman–Crippen MR) is 151 cm³/mol. The molecule has 0 saturated heterocycles. The number of pyridine rings is 1. The Kier molecular flexibility index (Phi) is 5.74. The standard InChI is InChI=1S/C32H30N6/c1-37-28-16-5-4-15-27(28)36-32(37)24-11-6-9-22(19-24)20-38(21-30-34-25-13-2-3-14-26(25)35-30)29-17-7-10-23-12-8-18-33-31(23)29/h2-6,8-9,11-16,18-19,29H,7,10,17,20-21H2,1H3,(H,34,35). The van der Waals surface area contributed by atoms with E-state index in [4.69, 9.17) is 15.0 Å². The van der Waals surface area contributed by atoms with Gasteiger partial charge in [0, 0.05) is 25.4 Å². The SMILES string of the molecule is Cn1c(-c2cccc(CN(Cc3nc4ccccc4[nH]3)C3CCCc4cccnc43)c2)nc2ccccc21. The van der Waals surface area contributed by atoms with E-state index in [1.807, 2.05) is 18.3 Å². The smallest absolute Gasteiger partial charge is 0.140 e. The van der Waals surface area contributed by atoms with Gasteiger partial charge in [-0.05, 0) is 66.8 Å². The van der Waals surface area contributed by atoms with Crippen LogP contribution in [-0.4, -0.2) is 29.4 Å². The molecule has 6 heteroatoms. The number of para-hydroxylation sites is 4. The molecule has 1 N–H and O–H groups in total. The van der Waals surface area contributed by atoms with E-state index in [0.717, 1.165) is 65.2 Å². The fourth-order valence-corrected chi connectivity index (χ4v) is 5.94. The van der Waals surface area contributed by atoms with E-state index in [1.54, 1.807) is 0 Å². The number of nitrogens with one attached hydrogen (secondary N) is 1. The molecule has 0 radical (unpaired) electrons. The number of fused-ring (bicyclic) bond motifs is 3. The van der Waals surface area contributed by atoms with Crippen molar-refractivity contribution in [2.24, 2.45) is 7.05 Å².